The van der Waals surface area contributed by atoms with E-state index in [1.54, 1.807) is 12.3 Å². The monoisotopic (exact) mass is 294 g/mol. The van der Waals surface area contributed by atoms with Crippen molar-refractivity contribution in [2.24, 2.45) is 0 Å². The lowest BCUT2D eigenvalue weighted by Gasteiger charge is -2.21. The van der Waals surface area contributed by atoms with Gasteiger partial charge in [-0.1, -0.05) is 26.8 Å². The standard InChI is InChI=1S/C15H22N2O4/c1-15(2,3)11-5-6-12(16-9-11)14(20)17(7-8-21-4)10-13(18)19/h5-6,9H,7-8,10H2,1-4H3,(H,18,19). The highest BCUT2D eigenvalue weighted by Gasteiger charge is 2.20. The van der Waals surface area contributed by atoms with Crippen molar-refractivity contribution in [1.29, 1.82) is 0 Å². The lowest BCUT2D eigenvalue weighted by molar-refractivity contribution is -0.137. The van der Waals surface area contributed by atoms with Gasteiger partial charge >= 0.3 is 5.97 Å². The molecule has 0 radical (unpaired) electrons. The van der Waals surface area contributed by atoms with Gasteiger partial charge in [0.2, 0.25) is 0 Å². The normalized spacial score (nSPS) is 11.2. The van der Waals surface area contributed by atoms with Crippen LogP contribution in [-0.2, 0) is 14.9 Å². The van der Waals surface area contributed by atoms with E-state index >= 15 is 0 Å². The van der Waals surface area contributed by atoms with Crippen molar-refractivity contribution in [3.8, 4) is 0 Å². The molecule has 21 heavy (non-hydrogen) atoms. The Morgan fingerprint density at radius 3 is 2.43 bits per heavy atom. The topological polar surface area (TPSA) is 79.7 Å². The molecule has 1 rings (SSSR count). The molecule has 0 aliphatic rings. The van der Waals surface area contributed by atoms with Crippen LogP contribution < -0.4 is 0 Å². The van der Waals surface area contributed by atoms with Crippen molar-refractivity contribution in [3.05, 3.63) is 29.6 Å². The summed E-state index contributed by atoms with van der Waals surface area (Å²) in [5.74, 6) is -1.47. The number of hydrogen-bond donors (Lipinski definition) is 1. The zero-order valence-electron chi connectivity index (χ0n) is 12.9. The average molecular weight is 294 g/mol. The molecule has 1 aromatic rings. The van der Waals surface area contributed by atoms with Gasteiger partial charge in [0.15, 0.2) is 0 Å². The van der Waals surface area contributed by atoms with E-state index in [1.165, 1.54) is 12.0 Å². The molecule has 0 unspecified atom stereocenters. The predicted molar refractivity (Wildman–Crippen MR) is 78.4 cm³/mol. The second-order valence-corrected chi connectivity index (χ2v) is 5.80. The number of hydrogen-bond acceptors (Lipinski definition) is 4. The van der Waals surface area contributed by atoms with Gasteiger partial charge in [-0.15, -0.1) is 0 Å². The Morgan fingerprint density at radius 1 is 1.33 bits per heavy atom. The molecule has 0 saturated carbocycles. The molecule has 1 N–H and O–H groups in total. The van der Waals surface area contributed by atoms with Crippen LogP contribution in [0.2, 0.25) is 0 Å². The minimum Gasteiger partial charge on any atom is -0.480 e. The SMILES string of the molecule is COCCN(CC(=O)O)C(=O)c1ccc(C(C)(C)C)cn1. The van der Waals surface area contributed by atoms with Gasteiger partial charge in [-0.3, -0.25) is 14.6 Å². The third-order valence-electron chi connectivity index (χ3n) is 3.03. The molecule has 0 saturated heterocycles. The molecule has 0 bridgehead atoms. The largest absolute Gasteiger partial charge is 0.480 e. The number of carboxylic acid groups (broad SMARTS) is 1. The maximum absolute atomic E-state index is 12.3. The van der Waals surface area contributed by atoms with E-state index in [4.69, 9.17) is 9.84 Å². The number of ether oxygens (including phenoxy) is 1. The molecule has 1 amide bonds. The molecule has 0 atom stereocenters. The van der Waals surface area contributed by atoms with Crippen LogP contribution in [0.5, 0.6) is 0 Å². The average Bonchev–Trinajstić information content (AvgIpc) is 2.41. The number of carbonyl (C=O) groups excluding carboxylic acids is 1. The first kappa shape index (κ1) is 17.1. The van der Waals surface area contributed by atoms with E-state index in [-0.39, 0.29) is 30.8 Å². The Hall–Kier alpha value is -1.95. The van der Waals surface area contributed by atoms with Crippen molar-refractivity contribution in [2.45, 2.75) is 26.2 Å². The summed E-state index contributed by atoms with van der Waals surface area (Å²) in [6.45, 7) is 6.29. The zero-order chi connectivity index (χ0) is 16.0. The Labute approximate surface area is 124 Å². The molecule has 0 spiro atoms. The Bertz CT molecular complexity index is 491. The van der Waals surface area contributed by atoms with Crippen LogP contribution in [0.25, 0.3) is 0 Å². The first-order valence-corrected chi connectivity index (χ1v) is 6.72. The Morgan fingerprint density at radius 2 is 2.00 bits per heavy atom. The summed E-state index contributed by atoms with van der Waals surface area (Å²) in [7, 11) is 1.50. The van der Waals surface area contributed by atoms with Gasteiger partial charge in [0, 0.05) is 19.9 Å². The van der Waals surface area contributed by atoms with E-state index in [0.717, 1.165) is 5.56 Å². The molecular weight excluding hydrogens is 272 g/mol. The minimum absolute atomic E-state index is 0.0502. The molecular formula is C15H22N2O4. The first-order chi connectivity index (χ1) is 9.75. The third kappa shape index (κ3) is 5.15. The summed E-state index contributed by atoms with van der Waals surface area (Å²) in [5.41, 5.74) is 1.20. The smallest absolute Gasteiger partial charge is 0.323 e. The fraction of sp³-hybridized carbons (Fsp3) is 0.533. The number of aromatic nitrogens is 1. The van der Waals surface area contributed by atoms with Crippen molar-refractivity contribution >= 4 is 11.9 Å². The molecule has 6 heteroatoms. The van der Waals surface area contributed by atoms with E-state index in [2.05, 4.69) is 25.8 Å². The van der Waals surface area contributed by atoms with Gasteiger partial charge in [-0.25, -0.2) is 0 Å². The molecule has 0 fully saturated rings. The Balaban J connectivity index is 2.90. The number of nitrogens with zero attached hydrogens (tertiary/aromatic N) is 2. The van der Waals surface area contributed by atoms with Gasteiger partial charge in [-0.05, 0) is 17.0 Å². The predicted octanol–water partition coefficient (Wildman–Crippen LogP) is 1.55. The van der Waals surface area contributed by atoms with E-state index in [9.17, 15) is 9.59 Å². The van der Waals surface area contributed by atoms with Crippen LogP contribution in [0, 0.1) is 0 Å². The molecule has 1 aromatic heterocycles. The highest BCUT2D eigenvalue weighted by molar-refractivity contribution is 5.94. The summed E-state index contributed by atoms with van der Waals surface area (Å²) in [5, 5.41) is 8.87. The highest BCUT2D eigenvalue weighted by atomic mass is 16.5. The van der Waals surface area contributed by atoms with Crippen molar-refractivity contribution < 1.29 is 19.4 Å². The summed E-state index contributed by atoms with van der Waals surface area (Å²) in [6, 6.07) is 3.47. The summed E-state index contributed by atoms with van der Waals surface area (Å²) < 4.78 is 4.90. The summed E-state index contributed by atoms with van der Waals surface area (Å²) in [6.07, 6.45) is 1.66. The van der Waals surface area contributed by atoms with Crippen LogP contribution >= 0.6 is 0 Å². The summed E-state index contributed by atoms with van der Waals surface area (Å²) in [4.78, 5) is 28.5. The van der Waals surface area contributed by atoms with Crippen molar-refractivity contribution in [3.63, 3.8) is 0 Å². The van der Waals surface area contributed by atoms with Gasteiger partial charge < -0.3 is 14.7 Å². The second-order valence-electron chi connectivity index (χ2n) is 5.80. The molecule has 0 aliphatic carbocycles. The number of aliphatic carboxylic acids is 1. The summed E-state index contributed by atoms with van der Waals surface area (Å²) >= 11 is 0. The number of amides is 1. The number of carbonyl (C=O) groups is 2. The van der Waals surface area contributed by atoms with E-state index in [0.29, 0.717) is 0 Å². The number of methoxy groups -OCH3 is 1. The van der Waals surface area contributed by atoms with Crippen LogP contribution in [-0.4, -0.2) is 53.7 Å². The highest BCUT2D eigenvalue weighted by Crippen LogP contribution is 2.21. The van der Waals surface area contributed by atoms with Crippen LogP contribution in [0.4, 0.5) is 0 Å². The second kappa shape index (κ2) is 7.17. The van der Waals surface area contributed by atoms with Crippen LogP contribution in [0.3, 0.4) is 0 Å². The van der Waals surface area contributed by atoms with Gasteiger partial charge in [-0.2, -0.15) is 0 Å². The molecule has 6 nitrogen and oxygen atoms in total. The zero-order valence-corrected chi connectivity index (χ0v) is 12.9. The quantitative estimate of drug-likeness (QED) is 0.861. The maximum Gasteiger partial charge on any atom is 0.323 e. The van der Waals surface area contributed by atoms with Crippen molar-refractivity contribution in [1.82, 2.24) is 9.88 Å². The fourth-order valence-electron chi connectivity index (χ4n) is 1.74. The van der Waals surface area contributed by atoms with Gasteiger partial charge in [0.25, 0.3) is 5.91 Å². The Kier molecular flexibility index (Phi) is 5.84. The number of pyridine rings is 1. The van der Waals surface area contributed by atoms with E-state index < -0.39 is 11.9 Å². The first-order valence-electron chi connectivity index (χ1n) is 6.72. The minimum atomic E-state index is -1.06. The van der Waals surface area contributed by atoms with Gasteiger partial charge in [0.1, 0.15) is 12.2 Å². The van der Waals surface area contributed by atoms with Crippen LogP contribution in [0.1, 0.15) is 36.8 Å². The maximum atomic E-state index is 12.3. The molecule has 0 aromatic carbocycles. The third-order valence-corrected chi connectivity index (χ3v) is 3.03. The molecule has 116 valence electrons. The van der Waals surface area contributed by atoms with Gasteiger partial charge in [0.05, 0.1) is 6.61 Å². The lowest BCUT2D eigenvalue weighted by atomic mass is 9.88. The van der Waals surface area contributed by atoms with E-state index in [1.807, 2.05) is 6.07 Å². The molecule has 1 heterocycles. The molecule has 0 aliphatic heterocycles. The number of carboxylic acids is 1. The number of rotatable bonds is 6. The fourth-order valence-corrected chi connectivity index (χ4v) is 1.74. The van der Waals surface area contributed by atoms with Crippen LogP contribution in [0.15, 0.2) is 18.3 Å². The van der Waals surface area contributed by atoms with Crippen molar-refractivity contribution in [2.75, 3.05) is 26.8 Å². The lowest BCUT2D eigenvalue weighted by Crippen LogP contribution is -2.38.